The molecule has 0 bridgehead atoms. The Bertz CT molecular complexity index is 824. The molecule has 29 heavy (non-hydrogen) atoms. The zero-order chi connectivity index (χ0) is 20.3. The van der Waals surface area contributed by atoms with Gasteiger partial charge in [-0.2, -0.15) is 4.98 Å². The van der Waals surface area contributed by atoms with Crippen LogP contribution in [0.25, 0.3) is 0 Å². The molecule has 1 aliphatic heterocycles. The Morgan fingerprint density at radius 2 is 2.00 bits per heavy atom. The summed E-state index contributed by atoms with van der Waals surface area (Å²) in [6, 6.07) is 8.76. The number of likely N-dealkylation sites (tertiary alicyclic amines) is 1. The molecule has 2 aromatic rings. The van der Waals surface area contributed by atoms with Gasteiger partial charge in [0.25, 0.3) is 0 Å². The fourth-order valence-electron chi connectivity index (χ4n) is 4.85. The number of hydrogen-bond acceptors (Lipinski definition) is 6. The lowest BCUT2D eigenvalue weighted by atomic mass is 9.78. The first-order valence-electron chi connectivity index (χ1n) is 10.9. The molecule has 156 valence electrons. The molecule has 0 radical (unpaired) electrons. The highest BCUT2D eigenvalue weighted by Gasteiger charge is 2.41. The number of aryl methyl sites for hydroxylation is 1. The van der Waals surface area contributed by atoms with Crippen LogP contribution >= 0.6 is 0 Å². The minimum atomic E-state index is -0.134. The van der Waals surface area contributed by atoms with Gasteiger partial charge in [-0.05, 0) is 51.6 Å². The van der Waals surface area contributed by atoms with Crippen LogP contribution in [-0.2, 0) is 21.5 Å². The summed E-state index contributed by atoms with van der Waals surface area (Å²) in [6.07, 6.45) is 6.36. The largest absolute Gasteiger partial charge is 0.466 e. The predicted molar refractivity (Wildman–Crippen MR) is 109 cm³/mol. The van der Waals surface area contributed by atoms with Crippen LogP contribution in [0.3, 0.4) is 0 Å². The van der Waals surface area contributed by atoms with Gasteiger partial charge < -0.3 is 9.26 Å². The molecule has 6 heteroatoms. The minimum Gasteiger partial charge on any atom is -0.466 e. The van der Waals surface area contributed by atoms with Crippen LogP contribution in [0.15, 0.2) is 28.8 Å². The molecule has 1 aliphatic carbocycles. The van der Waals surface area contributed by atoms with Gasteiger partial charge in [-0.1, -0.05) is 47.8 Å². The molecule has 2 aliphatic rings. The van der Waals surface area contributed by atoms with E-state index in [4.69, 9.17) is 14.2 Å². The van der Waals surface area contributed by atoms with E-state index in [-0.39, 0.29) is 17.3 Å². The molecule has 1 aromatic heterocycles. The number of piperidine rings is 1. The van der Waals surface area contributed by atoms with Gasteiger partial charge in [0.05, 0.1) is 24.5 Å². The van der Waals surface area contributed by atoms with E-state index in [2.05, 4.69) is 41.2 Å². The summed E-state index contributed by atoms with van der Waals surface area (Å²) in [4.78, 5) is 19.2. The third-order valence-electron chi connectivity index (χ3n) is 6.44. The summed E-state index contributed by atoms with van der Waals surface area (Å²) in [6.45, 7) is 6.62. The highest BCUT2D eigenvalue weighted by Crippen LogP contribution is 2.45. The SMILES string of the molecule is CCOC(=O)C1CCCN(Cc2nc(C3(c4ccc(C)cc4)CCCC3)no2)C1. The summed E-state index contributed by atoms with van der Waals surface area (Å²) in [5.41, 5.74) is 2.41. The van der Waals surface area contributed by atoms with Crippen molar-refractivity contribution in [3.05, 3.63) is 47.1 Å². The lowest BCUT2D eigenvalue weighted by molar-refractivity contribution is -0.150. The summed E-state index contributed by atoms with van der Waals surface area (Å²) < 4.78 is 10.9. The molecule has 1 saturated carbocycles. The summed E-state index contributed by atoms with van der Waals surface area (Å²) in [5, 5.41) is 4.41. The first kappa shape index (κ1) is 20.1. The van der Waals surface area contributed by atoms with Gasteiger partial charge in [0.15, 0.2) is 5.82 Å². The molecule has 1 atom stereocenters. The second-order valence-corrected chi connectivity index (χ2v) is 8.49. The van der Waals surface area contributed by atoms with Gasteiger partial charge >= 0.3 is 5.97 Å². The standard InChI is InChI=1S/C23H31N3O3/c1-3-28-21(27)18-7-6-14-26(15-18)16-20-24-22(25-29-20)23(12-4-5-13-23)19-10-8-17(2)9-11-19/h8-11,18H,3-7,12-16H2,1-2H3. The molecule has 2 fully saturated rings. The van der Waals surface area contributed by atoms with E-state index in [0.29, 0.717) is 25.6 Å². The lowest BCUT2D eigenvalue weighted by Gasteiger charge is -2.30. The second kappa shape index (κ2) is 8.66. The van der Waals surface area contributed by atoms with E-state index in [0.717, 1.165) is 38.1 Å². The number of benzene rings is 1. The quantitative estimate of drug-likeness (QED) is 0.686. The topological polar surface area (TPSA) is 68.5 Å². The summed E-state index contributed by atoms with van der Waals surface area (Å²) in [5.74, 6) is 1.31. The highest BCUT2D eigenvalue weighted by molar-refractivity contribution is 5.72. The Morgan fingerprint density at radius 3 is 2.72 bits per heavy atom. The Hall–Kier alpha value is -2.21. The van der Waals surface area contributed by atoms with Crippen molar-refractivity contribution >= 4 is 5.97 Å². The van der Waals surface area contributed by atoms with Gasteiger partial charge in [0, 0.05) is 6.54 Å². The molecule has 1 saturated heterocycles. The first-order chi connectivity index (χ1) is 14.1. The average Bonchev–Trinajstić information content (AvgIpc) is 3.39. The molecule has 0 amide bonds. The monoisotopic (exact) mass is 397 g/mol. The van der Waals surface area contributed by atoms with Crippen molar-refractivity contribution in [1.29, 1.82) is 0 Å². The van der Waals surface area contributed by atoms with Crippen LogP contribution in [-0.4, -0.2) is 40.7 Å². The van der Waals surface area contributed by atoms with Crippen LogP contribution in [0, 0.1) is 12.8 Å². The van der Waals surface area contributed by atoms with Crippen LogP contribution in [0.2, 0.25) is 0 Å². The summed E-state index contributed by atoms with van der Waals surface area (Å²) >= 11 is 0. The fourth-order valence-corrected chi connectivity index (χ4v) is 4.85. The third-order valence-corrected chi connectivity index (χ3v) is 6.44. The van der Waals surface area contributed by atoms with Gasteiger partial charge in [-0.25, -0.2) is 0 Å². The van der Waals surface area contributed by atoms with Crippen molar-refractivity contribution < 1.29 is 14.1 Å². The second-order valence-electron chi connectivity index (χ2n) is 8.49. The van der Waals surface area contributed by atoms with E-state index >= 15 is 0 Å². The van der Waals surface area contributed by atoms with Gasteiger partial charge in [-0.3, -0.25) is 9.69 Å². The van der Waals surface area contributed by atoms with Crippen LogP contribution < -0.4 is 0 Å². The number of rotatable bonds is 6. The van der Waals surface area contributed by atoms with Crippen molar-refractivity contribution in [1.82, 2.24) is 15.0 Å². The molecular formula is C23H31N3O3. The Morgan fingerprint density at radius 1 is 1.24 bits per heavy atom. The normalized spacial score (nSPS) is 21.9. The third kappa shape index (κ3) is 4.22. The molecule has 1 aromatic carbocycles. The Balaban J connectivity index is 1.48. The molecule has 4 rings (SSSR count). The van der Waals surface area contributed by atoms with Gasteiger partial charge in [0.1, 0.15) is 0 Å². The Labute approximate surface area is 172 Å². The van der Waals surface area contributed by atoms with Crippen molar-refractivity contribution in [2.75, 3.05) is 19.7 Å². The molecular weight excluding hydrogens is 366 g/mol. The van der Waals surface area contributed by atoms with Crippen LogP contribution in [0.4, 0.5) is 0 Å². The predicted octanol–water partition coefficient (Wildman–Crippen LogP) is 4.01. The molecule has 0 spiro atoms. The molecule has 6 nitrogen and oxygen atoms in total. The molecule has 2 heterocycles. The van der Waals surface area contributed by atoms with E-state index in [9.17, 15) is 4.79 Å². The van der Waals surface area contributed by atoms with E-state index in [1.54, 1.807) is 0 Å². The van der Waals surface area contributed by atoms with Crippen molar-refractivity contribution in [3.8, 4) is 0 Å². The summed E-state index contributed by atoms with van der Waals surface area (Å²) in [7, 11) is 0. The number of carbonyl (C=O) groups excluding carboxylic acids is 1. The average molecular weight is 398 g/mol. The van der Waals surface area contributed by atoms with Crippen molar-refractivity contribution in [3.63, 3.8) is 0 Å². The number of ether oxygens (including phenoxy) is 1. The van der Waals surface area contributed by atoms with Crippen molar-refractivity contribution in [2.24, 2.45) is 5.92 Å². The maximum atomic E-state index is 12.1. The van der Waals surface area contributed by atoms with E-state index in [1.807, 2.05) is 6.92 Å². The maximum absolute atomic E-state index is 12.1. The number of carbonyl (C=O) groups is 1. The van der Waals surface area contributed by atoms with Gasteiger partial charge in [-0.15, -0.1) is 0 Å². The van der Waals surface area contributed by atoms with Crippen LogP contribution in [0.5, 0.6) is 0 Å². The highest BCUT2D eigenvalue weighted by atomic mass is 16.5. The smallest absolute Gasteiger partial charge is 0.310 e. The first-order valence-corrected chi connectivity index (χ1v) is 10.9. The van der Waals surface area contributed by atoms with E-state index < -0.39 is 0 Å². The molecule has 1 unspecified atom stereocenters. The number of hydrogen-bond donors (Lipinski definition) is 0. The number of esters is 1. The Kier molecular flexibility index (Phi) is 5.99. The minimum absolute atomic E-state index is 0.0557. The lowest BCUT2D eigenvalue weighted by Crippen LogP contribution is -2.39. The van der Waals surface area contributed by atoms with Crippen LogP contribution in [0.1, 0.15) is 68.3 Å². The molecule has 0 N–H and O–H groups in total. The number of aromatic nitrogens is 2. The van der Waals surface area contributed by atoms with Gasteiger partial charge in [0.2, 0.25) is 5.89 Å². The maximum Gasteiger partial charge on any atom is 0.310 e. The number of nitrogens with zero attached hydrogens (tertiary/aromatic N) is 3. The van der Waals surface area contributed by atoms with E-state index in [1.165, 1.54) is 24.0 Å². The zero-order valence-corrected chi connectivity index (χ0v) is 17.5. The zero-order valence-electron chi connectivity index (χ0n) is 17.5. The van der Waals surface area contributed by atoms with Crippen molar-refractivity contribution in [2.45, 2.75) is 64.3 Å². The fraction of sp³-hybridized carbons (Fsp3) is 0.609.